The lowest BCUT2D eigenvalue weighted by Gasteiger charge is -2.13. The zero-order valence-electron chi connectivity index (χ0n) is 17.3. The average Bonchev–Trinajstić information content (AvgIpc) is 3.24. The van der Waals surface area contributed by atoms with Crippen LogP contribution in [0.15, 0.2) is 72.8 Å². The van der Waals surface area contributed by atoms with E-state index in [-0.39, 0.29) is 6.42 Å². The lowest BCUT2D eigenvalue weighted by atomic mass is 9.92. The molecule has 0 saturated carbocycles. The van der Waals surface area contributed by atoms with Crippen LogP contribution in [0.2, 0.25) is 0 Å². The van der Waals surface area contributed by atoms with E-state index in [0.29, 0.717) is 0 Å². The van der Waals surface area contributed by atoms with Crippen LogP contribution in [-0.4, -0.2) is 21.0 Å². The summed E-state index contributed by atoms with van der Waals surface area (Å²) >= 11 is 0. The first-order chi connectivity index (χ1) is 15.2. The first-order valence-corrected chi connectivity index (χ1v) is 10.8. The number of aromatic amines is 1. The first-order valence-electron chi connectivity index (χ1n) is 10.8. The summed E-state index contributed by atoms with van der Waals surface area (Å²) in [6, 6.07) is 22.5. The van der Waals surface area contributed by atoms with E-state index in [9.17, 15) is 4.79 Å². The van der Waals surface area contributed by atoms with Crippen molar-refractivity contribution in [1.29, 1.82) is 0 Å². The molecule has 1 aliphatic rings. The molecule has 1 aromatic heterocycles. The molecule has 1 aliphatic carbocycles. The number of carboxylic acid groups (broad SMARTS) is 1. The van der Waals surface area contributed by atoms with E-state index in [0.717, 1.165) is 39.1 Å². The lowest BCUT2D eigenvalue weighted by molar-refractivity contribution is -0.136. The fourth-order valence-electron chi connectivity index (χ4n) is 4.33. The van der Waals surface area contributed by atoms with Gasteiger partial charge in [0, 0.05) is 11.1 Å². The zero-order valence-corrected chi connectivity index (χ0v) is 17.3. The molecule has 0 atom stereocenters. The summed E-state index contributed by atoms with van der Waals surface area (Å²) in [5.41, 5.74) is 8.73. The number of fused-ring (bicyclic) bond motifs is 1. The predicted molar refractivity (Wildman–Crippen MR) is 125 cm³/mol. The number of hydrogen-bond acceptors (Lipinski definition) is 2. The Morgan fingerprint density at radius 3 is 2.35 bits per heavy atom. The van der Waals surface area contributed by atoms with Gasteiger partial charge in [-0.15, -0.1) is 0 Å². The summed E-state index contributed by atoms with van der Waals surface area (Å²) < 4.78 is 0. The van der Waals surface area contributed by atoms with E-state index in [1.807, 2.05) is 36.4 Å². The lowest BCUT2D eigenvalue weighted by Crippen LogP contribution is -1.99. The summed E-state index contributed by atoms with van der Waals surface area (Å²) in [6.07, 6.45) is 7.34. The molecule has 0 bridgehead atoms. The van der Waals surface area contributed by atoms with Crippen molar-refractivity contribution in [3.8, 4) is 22.5 Å². The van der Waals surface area contributed by atoms with Gasteiger partial charge in [0.05, 0.1) is 17.5 Å². The van der Waals surface area contributed by atoms with Crippen molar-refractivity contribution >= 4 is 22.6 Å². The van der Waals surface area contributed by atoms with Gasteiger partial charge in [-0.1, -0.05) is 66.7 Å². The molecule has 2 N–H and O–H groups in total. The van der Waals surface area contributed by atoms with E-state index >= 15 is 0 Å². The maximum Gasteiger partial charge on any atom is 0.307 e. The number of nitrogens with zero attached hydrogens (tertiary/aromatic N) is 1. The number of hydrogen-bond donors (Lipinski definition) is 2. The third-order valence-corrected chi connectivity index (χ3v) is 5.96. The second kappa shape index (κ2) is 8.23. The predicted octanol–water partition coefficient (Wildman–Crippen LogP) is 6.48. The molecule has 0 saturated heterocycles. The largest absolute Gasteiger partial charge is 0.481 e. The van der Waals surface area contributed by atoms with E-state index in [1.54, 1.807) is 0 Å². The highest BCUT2D eigenvalue weighted by atomic mass is 16.4. The number of aliphatic carboxylic acids is 1. The van der Waals surface area contributed by atoms with Gasteiger partial charge in [0.2, 0.25) is 0 Å². The number of nitrogens with one attached hydrogen (secondary N) is 1. The summed E-state index contributed by atoms with van der Waals surface area (Å²) in [6.45, 7) is 0. The number of benzene rings is 3. The topological polar surface area (TPSA) is 66.0 Å². The Morgan fingerprint density at radius 2 is 1.65 bits per heavy atom. The standard InChI is InChI=1S/C27H24N2O2/c30-25(31)17-18-9-11-22(12-10-18)27-28-24-8-4-7-23(26(24)29-27)21-15-13-20(14-16-21)19-5-2-1-3-6-19/h4-5,7-16H,1-3,6,17H2,(H,28,29)(H,30,31). The number of imidazole rings is 1. The molecule has 31 heavy (non-hydrogen) atoms. The summed E-state index contributed by atoms with van der Waals surface area (Å²) in [4.78, 5) is 19.2. The Balaban J connectivity index is 1.47. The summed E-state index contributed by atoms with van der Waals surface area (Å²) in [5.74, 6) is -0.0415. The smallest absolute Gasteiger partial charge is 0.307 e. The Bertz CT molecular complexity index is 1270. The van der Waals surface area contributed by atoms with Gasteiger partial charge in [0.25, 0.3) is 0 Å². The van der Waals surface area contributed by atoms with E-state index in [4.69, 9.17) is 10.1 Å². The van der Waals surface area contributed by atoms with Crippen molar-refractivity contribution in [2.75, 3.05) is 0 Å². The molecule has 4 nitrogen and oxygen atoms in total. The van der Waals surface area contributed by atoms with Crippen molar-refractivity contribution in [2.24, 2.45) is 0 Å². The fraction of sp³-hybridized carbons (Fsp3) is 0.185. The fourth-order valence-corrected chi connectivity index (χ4v) is 4.33. The Labute approximate surface area is 181 Å². The number of para-hydroxylation sites is 1. The highest BCUT2D eigenvalue weighted by Gasteiger charge is 2.12. The monoisotopic (exact) mass is 408 g/mol. The molecule has 0 unspecified atom stereocenters. The molecule has 0 amide bonds. The molecule has 1 heterocycles. The van der Waals surface area contributed by atoms with Crippen LogP contribution in [0.1, 0.15) is 36.8 Å². The molecule has 4 aromatic rings. The van der Waals surface area contributed by atoms with Gasteiger partial charge in [-0.3, -0.25) is 4.79 Å². The van der Waals surface area contributed by atoms with Crippen molar-refractivity contribution in [2.45, 2.75) is 32.1 Å². The molecular weight excluding hydrogens is 384 g/mol. The van der Waals surface area contributed by atoms with Crippen molar-refractivity contribution < 1.29 is 9.90 Å². The van der Waals surface area contributed by atoms with Crippen LogP contribution in [0.5, 0.6) is 0 Å². The Kier molecular flexibility index (Phi) is 5.13. The first kappa shape index (κ1) is 19.3. The normalized spacial score (nSPS) is 13.9. The Hall–Kier alpha value is -3.66. The van der Waals surface area contributed by atoms with E-state index < -0.39 is 5.97 Å². The second-order valence-electron chi connectivity index (χ2n) is 8.11. The number of carbonyl (C=O) groups is 1. The van der Waals surface area contributed by atoms with Crippen LogP contribution in [-0.2, 0) is 11.2 Å². The average molecular weight is 409 g/mol. The zero-order chi connectivity index (χ0) is 21.2. The van der Waals surface area contributed by atoms with Gasteiger partial charge in [-0.2, -0.15) is 0 Å². The van der Waals surface area contributed by atoms with Gasteiger partial charge in [-0.05, 0) is 54.0 Å². The highest BCUT2D eigenvalue weighted by molar-refractivity contribution is 5.94. The summed E-state index contributed by atoms with van der Waals surface area (Å²) in [7, 11) is 0. The molecule has 154 valence electrons. The number of H-pyrrole nitrogens is 1. The SMILES string of the molecule is O=C(O)Cc1ccc(-c2nc3cccc(-c4ccc(C5=CCCCC5)cc4)c3[nH]2)cc1. The van der Waals surface area contributed by atoms with Crippen molar-refractivity contribution in [1.82, 2.24) is 9.97 Å². The maximum absolute atomic E-state index is 10.9. The van der Waals surface area contributed by atoms with Gasteiger partial charge in [0.1, 0.15) is 5.82 Å². The number of rotatable bonds is 5. The molecule has 3 aromatic carbocycles. The van der Waals surface area contributed by atoms with Crippen LogP contribution in [0.25, 0.3) is 39.1 Å². The highest BCUT2D eigenvalue weighted by Crippen LogP contribution is 2.32. The maximum atomic E-state index is 10.9. The van der Waals surface area contributed by atoms with Gasteiger partial charge in [0.15, 0.2) is 0 Å². The number of allylic oxidation sites excluding steroid dienone is 2. The van der Waals surface area contributed by atoms with Crippen LogP contribution in [0.3, 0.4) is 0 Å². The third-order valence-electron chi connectivity index (χ3n) is 5.96. The molecule has 0 spiro atoms. The molecule has 5 rings (SSSR count). The number of carboxylic acids is 1. The van der Waals surface area contributed by atoms with Gasteiger partial charge >= 0.3 is 5.97 Å². The van der Waals surface area contributed by atoms with Gasteiger partial charge in [-0.25, -0.2) is 4.98 Å². The van der Waals surface area contributed by atoms with Crippen LogP contribution >= 0.6 is 0 Å². The minimum absolute atomic E-state index is 0.0253. The minimum Gasteiger partial charge on any atom is -0.481 e. The summed E-state index contributed by atoms with van der Waals surface area (Å²) in [5, 5.41) is 8.96. The van der Waals surface area contributed by atoms with Crippen molar-refractivity contribution in [3.05, 3.63) is 83.9 Å². The van der Waals surface area contributed by atoms with Crippen LogP contribution < -0.4 is 0 Å². The second-order valence-corrected chi connectivity index (χ2v) is 8.11. The van der Waals surface area contributed by atoms with Crippen molar-refractivity contribution in [3.63, 3.8) is 0 Å². The van der Waals surface area contributed by atoms with E-state index in [1.165, 1.54) is 36.8 Å². The van der Waals surface area contributed by atoms with Crippen LogP contribution in [0, 0.1) is 0 Å². The van der Waals surface area contributed by atoms with Crippen LogP contribution in [0.4, 0.5) is 0 Å². The molecule has 4 heteroatoms. The molecular formula is C27H24N2O2. The molecule has 0 aliphatic heterocycles. The minimum atomic E-state index is -0.827. The molecule has 0 fully saturated rings. The van der Waals surface area contributed by atoms with Gasteiger partial charge < -0.3 is 10.1 Å². The third kappa shape index (κ3) is 4.02. The van der Waals surface area contributed by atoms with E-state index in [2.05, 4.69) is 41.4 Å². The Morgan fingerprint density at radius 1 is 0.903 bits per heavy atom. The quantitative estimate of drug-likeness (QED) is 0.397. The molecule has 0 radical (unpaired) electrons. The number of aromatic nitrogens is 2.